The van der Waals surface area contributed by atoms with Crippen LogP contribution in [0.1, 0.15) is 42.5 Å². The van der Waals surface area contributed by atoms with E-state index in [-0.39, 0.29) is 11.6 Å². The van der Waals surface area contributed by atoms with Crippen LogP contribution in [0.15, 0.2) is 24.3 Å². The number of carbonyl (C=O) groups excluding carboxylic acids is 3. The molecule has 0 aliphatic heterocycles. The molecule has 2 rings (SSSR count). The van der Waals surface area contributed by atoms with E-state index in [1.165, 1.54) is 0 Å². The van der Waals surface area contributed by atoms with Gasteiger partial charge in [0.2, 0.25) is 6.41 Å². The van der Waals surface area contributed by atoms with Gasteiger partial charge in [0, 0.05) is 39.9 Å². The molecule has 0 spiro atoms. The number of primary amides is 1. The summed E-state index contributed by atoms with van der Waals surface area (Å²) in [5.74, 6) is 5.24. The molecule has 3 amide bonds. The van der Waals surface area contributed by atoms with Crippen molar-refractivity contribution in [3.8, 4) is 11.8 Å². The number of nitrogens with zero attached hydrogens (tertiary/aromatic N) is 4. The lowest BCUT2D eigenvalue weighted by atomic mass is 10.1. The smallest absolute Gasteiger partial charge is 0.298 e. The van der Waals surface area contributed by atoms with E-state index in [0.717, 1.165) is 11.3 Å². The Balaban J connectivity index is 0.000000579. The minimum Gasteiger partial charge on any atom is -0.364 e. The highest BCUT2D eigenvalue weighted by atomic mass is 16.2. The maximum Gasteiger partial charge on any atom is 0.298 e. The second-order valence-electron chi connectivity index (χ2n) is 7.65. The van der Waals surface area contributed by atoms with Crippen LogP contribution in [-0.2, 0) is 22.4 Å². The summed E-state index contributed by atoms with van der Waals surface area (Å²) in [6.45, 7) is 6.78. The third-order valence-electron chi connectivity index (χ3n) is 4.82. The van der Waals surface area contributed by atoms with Gasteiger partial charge < -0.3 is 26.2 Å². The molecule has 1 aromatic carbocycles. The highest BCUT2D eigenvalue weighted by molar-refractivity contribution is 5.96. The maximum atomic E-state index is 11.8. The molecule has 0 aliphatic carbocycles. The Labute approximate surface area is 207 Å². The molecule has 1 heterocycles. The van der Waals surface area contributed by atoms with Gasteiger partial charge >= 0.3 is 0 Å². The molecule has 188 valence electrons. The molecule has 2 aromatic rings. The zero-order chi connectivity index (χ0) is 26.4. The van der Waals surface area contributed by atoms with Gasteiger partial charge in [-0.1, -0.05) is 25.0 Å². The lowest BCUT2D eigenvalue weighted by Crippen LogP contribution is -2.24. The van der Waals surface area contributed by atoms with Crippen molar-refractivity contribution in [3.05, 3.63) is 41.2 Å². The number of aromatic nitrogens is 2. The van der Waals surface area contributed by atoms with Crippen LogP contribution in [0, 0.1) is 11.8 Å². The van der Waals surface area contributed by atoms with Crippen LogP contribution in [0.2, 0.25) is 0 Å². The number of hydrogen-bond acceptors (Lipinski definition) is 7. The van der Waals surface area contributed by atoms with Gasteiger partial charge in [-0.3, -0.25) is 14.4 Å². The average Bonchev–Trinajstić information content (AvgIpc) is 2.84. The number of amides is 3. The van der Waals surface area contributed by atoms with Crippen molar-refractivity contribution >= 4 is 35.5 Å². The summed E-state index contributed by atoms with van der Waals surface area (Å²) in [5.41, 5.74) is 8.12. The molecule has 10 heteroatoms. The lowest BCUT2D eigenvalue weighted by molar-refractivity contribution is -0.123. The molecule has 35 heavy (non-hydrogen) atoms. The fourth-order valence-electron chi connectivity index (χ4n) is 2.88. The monoisotopic (exact) mass is 481 g/mol. The van der Waals surface area contributed by atoms with Gasteiger partial charge in [-0.05, 0) is 50.3 Å². The number of anilines is 3. The minimum atomic E-state index is -0.633. The van der Waals surface area contributed by atoms with E-state index >= 15 is 0 Å². The van der Waals surface area contributed by atoms with Crippen molar-refractivity contribution in [2.75, 3.05) is 44.4 Å². The summed E-state index contributed by atoms with van der Waals surface area (Å²) in [7, 11) is 5.47. The zero-order valence-electron chi connectivity index (χ0n) is 21.3. The molecule has 0 unspecified atom stereocenters. The van der Waals surface area contributed by atoms with Gasteiger partial charge in [-0.2, -0.15) is 0 Å². The number of nitrogens with two attached hydrogens (primary N) is 1. The Morgan fingerprint density at radius 1 is 1.17 bits per heavy atom. The summed E-state index contributed by atoms with van der Waals surface area (Å²) in [6.07, 6.45) is 2.01. The van der Waals surface area contributed by atoms with Crippen LogP contribution in [-0.4, -0.2) is 67.3 Å². The van der Waals surface area contributed by atoms with Crippen molar-refractivity contribution < 1.29 is 14.4 Å². The van der Waals surface area contributed by atoms with E-state index in [1.54, 1.807) is 18.9 Å². The molecule has 0 aliphatic rings. The molecule has 0 saturated heterocycles. The Morgan fingerprint density at radius 2 is 1.89 bits per heavy atom. The molecule has 4 N–H and O–H groups in total. The first-order valence-corrected chi connectivity index (χ1v) is 11.3. The summed E-state index contributed by atoms with van der Waals surface area (Å²) < 4.78 is 0. The van der Waals surface area contributed by atoms with Gasteiger partial charge in [0.15, 0.2) is 17.3 Å². The number of hydrogen-bond donors (Lipinski definition) is 3. The first kappa shape index (κ1) is 28.9. The van der Waals surface area contributed by atoms with E-state index < -0.39 is 5.91 Å². The Hall–Kier alpha value is -4.13. The van der Waals surface area contributed by atoms with Gasteiger partial charge in [-0.25, -0.2) is 9.97 Å². The van der Waals surface area contributed by atoms with Crippen molar-refractivity contribution in [2.45, 2.75) is 33.6 Å². The van der Waals surface area contributed by atoms with Crippen molar-refractivity contribution in [1.29, 1.82) is 0 Å². The first-order valence-electron chi connectivity index (χ1n) is 11.3. The Morgan fingerprint density at radius 3 is 2.43 bits per heavy atom. The van der Waals surface area contributed by atoms with Crippen LogP contribution >= 0.6 is 0 Å². The third-order valence-corrected chi connectivity index (χ3v) is 4.82. The van der Waals surface area contributed by atoms with E-state index in [2.05, 4.69) is 32.4 Å². The summed E-state index contributed by atoms with van der Waals surface area (Å²) in [5, 5.41) is 5.77. The third kappa shape index (κ3) is 9.33. The highest BCUT2D eigenvalue weighted by Gasteiger charge is 2.18. The van der Waals surface area contributed by atoms with Crippen molar-refractivity contribution in [2.24, 2.45) is 5.73 Å². The molecular weight excluding hydrogens is 446 g/mol. The van der Waals surface area contributed by atoms with Crippen LogP contribution in [0.5, 0.6) is 0 Å². The van der Waals surface area contributed by atoms with E-state index in [4.69, 9.17) is 5.73 Å². The van der Waals surface area contributed by atoms with Gasteiger partial charge in [0.05, 0.1) is 5.69 Å². The predicted octanol–water partition coefficient (Wildman–Crippen LogP) is 1.72. The zero-order valence-corrected chi connectivity index (χ0v) is 21.3. The standard InChI is InChI=1S/C18H24N6O2.C7H11NO/c1-4-14-18(24(2)3)23-17(15(22-14)16(19)26)21-13-7-5-6-12(10-13)8-9-20-11-25;1-4-6-7(9)8(3)5-2/h5-7,10-11H,4,8-9H2,1-3H3,(H2,19,26)(H,20,25)(H,21,23);5H2,1-3H3. The number of nitrogens with one attached hydrogen (secondary N) is 2. The number of benzene rings is 1. The lowest BCUT2D eigenvalue weighted by Gasteiger charge is -2.18. The van der Waals surface area contributed by atoms with E-state index in [0.29, 0.717) is 49.7 Å². The molecule has 0 fully saturated rings. The number of rotatable bonds is 10. The van der Waals surface area contributed by atoms with Crippen LogP contribution in [0.4, 0.5) is 17.3 Å². The second-order valence-corrected chi connectivity index (χ2v) is 7.65. The van der Waals surface area contributed by atoms with Crippen molar-refractivity contribution in [3.63, 3.8) is 0 Å². The van der Waals surface area contributed by atoms with Crippen molar-refractivity contribution in [1.82, 2.24) is 20.2 Å². The second kappa shape index (κ2) is 14.9. The summed E-state index contributed by atoms with van der Waals surface area (Å²) in [6, 6.07) is 7.65. The summed E-state index contributed by atoms with van der Waals surface area (Å²) in [4.78, 5) is 45.3. The molecule has 0 saturated carbocycles. The quantitative estimate of drug-likeness (QED) is 0.267. The largest absolute Gasteiger partial charge is 0.364 e. The van der Waals surface area contributed by atoms with Gasteiger partial charge in [0.1, 0.15) is 0 Å². The van der Waals surface area contributed by atoms with Crippen LogP contribution in [0.3, 0.4) is 0 Å². The number of carbonyl (C=O) groups is 3. The summed E-state index contributed by atoms with van der Waals surface area (Å²) >= 11 is 0. The average molecular weight is 482 g/mol. The molecule has 10 nitrogen and oxygen atoms in total. The molecule has 0 bridgehead atoms. The van der Waals surface area contributed by atoms with Crippen LogP contribution < -0.4 is 21.3 Å². The van der Waals surface area contributed by atoms with Gasteiger partial charge in [-0.15, -0.1) is 0 Å². The normalized spacial score (nSPS) is 9.54. The molecule has 0 atom stereocenters. The molecule has 1 aromatic heterocycles. The van der Waals surface area contributed by atoms with E-state index in [9.17, 15) is 14.4 Å². The Bertz CT molecular complexity index is 1070. The molecule has 0 radical (unpaired) electrons. The first-order chi connectivity index (χ1) is 16.7. The maximum absolute atomic E-state index is 11.8. The molecular formula is C25H35N7O3. The fraction of sp³-hybridized carbons (Fsp3) is 0.400. The highest BCUT2D eigenvalue weighted by Crippen LogP contribution is 2.24. The van der Waals surface area contributed by atoms with Gasteiger partial charge in [0.25, 0.3) is 11.8 Å². The minimum absolute atomic E-state index is 0.111. The predicted molar refractivity (Wildman–Crippen MR) is 139 cm³/mol. The SMILES string of the molecule is CC#CC(=O)N(C)CC.CCc1nc(C(N)=O)c(Nc2cccc(CCNC=O)c2)nc1N(C)C. The topological polar surface area (TPSA) is 134 Å². The van der Waals surface area contributed by atoms with Crippen LogP contribution in [0.25, 0.3) is 0 Å². The number of aryl methyl sites for hydroxylation is 1. The van der Waals surface area contributed by atoms with E-state index in [1.807, 2.05) is 57.1 Å². The fourth-order valence-corrected chi connectivity index (χ4v) is 2.88. The Kier molecular flexibility index (Phi) is 12.3.